The van der Waals surface area contributed by atoms with E-state index in [-0.39, 0.29) is 10.8 Å². The summed E-state index contributed by atoms with van der Waals surface area (Å²) in [5.41, 5.74) is 7.00. The van der Waals surface area contributed by atoms with Crippen molar-refractivity contribution in [2.24, 2.45) is 0 Å². The molecule has 0 heterocycles. The van der Waals surface area contributed by atoms with Crippen LogP contribution in [-0.2, 0) is 15.4 Å². The summed E-state index contributed by atoms with van der Waals surface area (Å²) >= 11 is 0. The van der Waals surface area contributed by atoms with Crippen LogP contribution in [0.1, 0.15) is 52.7 Å². The van der Waals surface area contributed by atoms with E-state index in [9.17, 15) is 4.57 Å². The molecule has 1 atom stereocenters. The predicted molar refractivity (Wildman–Crippen MR) is 124 cm³/mol. The molecule has 2 nitrogen and oxygen atoms in total. The Hall–Kier alpha value is -2.44. The van der Waals surface area contributed by atoms with Crippen LogP contribution in [0.25, 0.3) is 22.3 Å². The molecule has 0 radical (unpaired) electrons. The summed E-state index contributed by atoms with van der Waals surface area (Å²) in [6, 6.07) is 22.8. The molecule has 0 aromatic heterocycles. The molecule has 3 aromatic carbocycles. The van der Waals surface area contributed by atoms with E-state index in [4.69, 9.17) is 4.52 Å². The summed E-state index contributed by atoms with van der Waals surface area (Å²) in [5, 5.41) is 0. The Kier molecular flexibility index (Phi) is 5.96. The van der Waals surface area contributed by atoms with Crippen LogP contribution in [0.3, 0.4) is 0 Å². The van der Waals surface area contributed by atoms with Gasteiger partial charge in [-0.3, -0.25) is 4.52 Å². The highest BCUT2D eigenvalue weighted by molar-refractivity contribution is 7.17. The highest BCUT2D eigenvalue weighted by Gasteiger charge is 2.29. The van der Waals surface area contributed by atoms with Gasteiger partial charge in [0.2, 0.25) is 0 Å². The van der Waals surface area contributed by atoms with Gasteiger partial charge in [0.1, 0.15) is 0 Å². The van der Waals surface area contributed by atoms with E-state index in [0.29, 0.717) is 5.75 Å². The van der Waals surface area contributed by atoms with Crippen LogP contribution in [0.2, 0.25) is 0 Å². The smallest absolute Gasteiger partial charge is 0.255 e. The monoisotopic (exact) mass is 405 g/mol. The normalized spacial score (nSPS) is 12.2. The summed E-state index contributed by atoms with van der Waals surface area (Å²) in [4.78, 5) is 0. The van der Waals surface area contributed by atoms with Crippen molar-refractivity contribution in [2.75, 3.05) is 0 Å². The van der Waals surface area contributed by atoms with Crippen molar-refractivity contribution in [3.05, 3.63) is 77.9 Å². The maximum absolute atomic E-state index is 11.3. The van der Waals surface area contributed by atoms with Gasteiger partial charge in [-0.2, -0.15) is 0 Å². The van der Waals surface area contributed by atoms with Crippen LogP contribution in [0.5, 0.6) is 5.75 Å². The third-order valence-electron chi connectivity index (χ3n) is 5.15. The number of benzene rings is 3. The van der Waals surface area contributed by atoms with E-state index in [0.717, 1.165) is 16.7 Å². The molecule has 3 aromatic rings. The third-order valence-corrected chi connectivity index (χ3v) is 5.46. The Balaban J connectivity index is 2.41. The lowest BCUT2D eigenvalue weighted by molar-refractivity contribution is 0.526. The Bertz CT molecular complexity index is 1010. The zero-order valence-corrected chi connectivity index (χ0v) is 19.2. The molecular weight excluding hydrogens is 375 g/mol. The first-order chi connectivity index (χ1) is 13.6. The molecule has 0 saturated carbocycles. The SMILES string of the molecule is CC(C)(C)c1cccc(-c2cccc(O[PH+]=O)c2-c2ccccc2)c1C(C)(C)C. The van der Waals surface area contributed by atoms with Crippen LogP contribution in [0.4, 0.5) is 0 Å². The topological polar surface area (TPSA) is 26.3 Å². The van der Waals surface area contributed by atoms with Crippen molar-refractivity contribution >= 4 is 8.69 Å². The van der Waals surface area contributed by atoms with Crippen LogP contribution >= 0.6 is 8.69 Å². The van der Waals surface area contributed by atoms with Gasteiger partial charge in [-0.1, -0.05) is 102 Å². The number of rotatable bonds is 4. The fourth-order valence-electron chi connectivity index (χ4n) is 4.00. The van der Waals surface area contributed by atoms with Gasteiger partial charge in [-0.25, -0.2) is 0 Å². The lowest BCUT2D eigenvalue weighted by Gasteiger charge is -2.33. The summed E-state index contributed by atoms with van der Waals surface area (Å²) in [6.07, 6.45) is 0. The summed E-state index contributed by atoms with van der Waals surface area (Å²) in [7, 11) is -0.845. The molecule has 1 unspecified atom stereocenters. The Labute approximate surface area is 176 Å². The van der Waals surface area contributed by atoms with Crippen LogP contribution in [0.15, 0.2) is 66.7 Å². The van der Waals surface area contributed by atoms with Gasteiger partial charge >= 0.3 is 8.69 Å². The van der Waals surface area contributed by atoms with Gasteiger partial charge < -0.3 is 0 Å². The molecule has 0 bridgehead atoms. The van der Waals surface area contributed by atoms with E-state index < -0.39 is 8.69 Å². The van der Waals surface area contributed by atoms with E-state index in [1.165, 1.54) is 16.7 Å². The second-order valence-corrected chi connectivity index (χ2v) is 9.83. The first kappa shape index (κ1) is 21.3. The van der Waals surface area contributed by atoms with Gasteiger partial charge in [0, 0.05) is 5.56 Å². The summed E-state index contributed by atoms with van der Waals surface area (Å²) in [6.45, 7) is 13.6. The quantitative estimate of drug-likeness (QED) is 0.412. The Morgan fingerprint density at radius 2 is 1.31 bits per heavy atom. The van der Waals surface area contributed by atoms with Gasteiger partial charge in [-0.15, -0.1) is 0 Å². The van der Waals surface area contributed by atoms with Crippen molar-refractivity contribution in [1.82, 2.24) is 0 Å². The molecule has 0 spiro atoms. The Morgan fingerprint density at radius 1 is 0.690 bits per heavy atom. The number of hydrogen-bond acceptors (Lipinski definition) is 2. The first-order valence-electron chi connectivity index (χ1n) is 10.0. The molecule has 29 heavy (non-hydrogen) atoms. The third kappa shape index (κ3) is 4.43. The highest BCUT2D eigenvalue weighted by Crippen LogP contribution is 2.46. The van der Waals surface area contributed by atoms with Crippen LogP contribution < -0.4 is 4.52 Å². The fraction of sp³-hybridized carbons (Fsp3) is 0.308. The van der Waals surface area contributed by atoms with E-state index in [1.807, 2.05) is 30.3 Å². The van der Waals surface area contributed by atoms with Gasteiger partial charge in [0.15, 0.2) is 5.75 Å². The Morgan fingerprint density at radius 3 is 1.90 bits per heavy atom. The molecule has 150 valence electrons. The second kappa shape index (κ2) is 8.13. The molecule has 3 rings (SSSR count). The molecule has 0 amide bonds. The second-order valence-electron chi connectivity index (χ2n) is 9.46. The van der Waals surface area contributed by atoms with E-state index in [1.54, 1.807) is 0 Å². The largest absolute Gasteiger partial charge is 0.542 e. The molecular formula is C26H30O2P+. The van der Waals surface area contributed by atoms with Crippen molar-refractivity contribution < 1.29 is 9.09 Å². The molecule has 0 aliphatic rings. The van der Waals surface area contributed by atoms with Crippen LogP contribution in [-0.4, -0.2) is 0 Å². The van der Waals surface area contributed by atoms with E-state index in [2.05, 4.69) is 77.9 Å². The molecule has 0 N–H and O–H groups in total. The molecule has 0 aliphatic carbocycles. The molecule has 0 aliphatic heterocycles. The maximum Gasteiger partial charge on any atom is 0.542 e. The van der Waals surface area contributed by atoms with Crippen LogP contribution in [0, 0.1) is 0 Å². The zero-order chi connectivity index (χ0) is 21.2. The van der Waals surface area contributed by atoms with Crippen molar-refractivity contribution in [2.45, 2.75) is 52.4 Å². The average molecular weight is 405 g/mol. The van der Waals surface area contributed by atoms with Crippen molar-refractivity contribution in [3.63, 3.8) is 0 Å². The first-order valence-corrected chi connectivity index (χ1v) is 10.8. The standard InChI is InChI=1S/C26H30O2P/c1-25(2,3)21-16-10-15-20(24(21)26(4,5)6)19-14-11-17-22(28-29-27)23(19)18-12-8-7-9-13-18/h7-17,29H,1-6H3/q+1. The van der Waals surface area contributed by atoms with E-state index >= 15 is 0 Å². The highest BCUT2D eigenvalue weighted by atomic mass is 31.1. The predicted octanol–water partition coefficient (Wildman–Crippen LogP) is 7.93. The molecule has 0 fully saturated rings. The average Bonchev–Trinajstić information content (AvgIpc) is 2.67. The lowest BCUT2D eigenvalue weighted by Crippen LogP contribution is -2.23. The summed E-state index contributed by atoms with van der Waals surface area (Å²) < 4.78 is 16.9. The van der Waals surface area contributed by atoms with Gasteiger partial charge in [0.25, 0.3) is 0 Å². The molecule has 3 heteroatoms. The minimum Gasteiger partial charge on any atom is -0.255 e. The van der Waals surface area contributed by atoms with Crippen molar-refractivity contribution in [3.8, 4) is 28.0 Å². The van der Waals surface area contributed by atoms with Crippen molar-refractivity contribution in [1.29, 1.82) is 0 Å². The maximum atomic E-state index is 11.3. The minimum atomic E-state index is -0.845. The fourth-order valence-corrected chi connectivity index (χ4v) is 4.26. The summed E-state index contributed by atoms with van der Waals surface area (Å²) in [5.74, 6) is 0.642. The van der Waals surface area contributed by atoms with Gasteiger partial charge in [-0.05, 0) is 49.3 Å². The van der Waals surface area contributed by atoms with Gasteiger partial charge in [0.05, 0.1) is 0 Å². The molecule has 0 saturated heterocycles. The minimum absolute atomic E-state index is 0.0239. The number of hydrogen-bond donors (Lipinski definition) is 0. The zero-order valence-electron chi connectivity index (χ0n) is 18.2. The lowest BCUT2D eigenvalue weighted by atomic mass is 9.71.